The molecular weight excluding hydrogens is 316 g/mol. The van der Waals surface area contributed by atoms with E-state index in [4.69, 9.17) is 5.26 Å². The molecule has 0 saturated heterocycles. The Morgan fingerprint density at radius 3 is 2.50 bits per heavy atom. The van der Waals surface area contributed by atoms with Crippen LogP contribution in [0.1, 0.15) is 26.3 Å². The van der Waals surface area contributed by atoms with Gasteiger partial charge in [-0.1, -0.05) is 36.7 Å². The highest BCUT2D eigenvalue weighted by molar-refractivity contribution is 9.10. The Labute approximate surface area is 116 Å². The molecule has 0 aliphatic carbocycles. The van der Waals surface area contributed by atoms with Crippen LogP contribution in [0.5, 0.6) is 0 Å². The Morgan fingerprint density at radius 1 is 1.39 bits per heavy atom. The predicted octanol–water partition coefficient (Wildman–Crippen LogP) is 3.11. The minimum Gasteiger partial charge on any atom is -0.282 e. The van der Waals surface area contributed by atoms with Crippen molar-refractivity contribution in [3.05, 3.63) is 28.2 Å². The molecule has 0 amide bonds. The molecule has 6 heteroatoms. The highest BCUT2D eigenvalue weighted by Crippen LogP contribution is 2.23. The summed E-state index contributed by atoms with van der Waals surface area (Å²) in [5, 5.41) is 8.97. The van der Waals surface area contributed by atoms with Gasteiger partial charge in [0.2, 0.25) is 10.0 Å². The Balaban J connectivity index is 3.02. The molecule has 0 heterocycles. The maximum absolute atomic E-state index is 11.9. The molecule has 4 nitrogen and oxygen atoms in total. The zero-order valence-electron chi connectivity index (χ0n) is 10.5. The van der Waals surface area contributed by atoms with E-state index in [0.29, 0.717) is 11.3 Å². The summed E-state index contributed by atoms with van der Waals surface area (Å²) >= 11 is 3.24. The topological polar surface area (TPSA) is 70.0 Å². The first-order valence-corrected chi connectivity index (χ1v) is 7.78. The van der Waals surface area contributed by atoms with Gasteiger partial charge in [-0.15, -0.1) is 0 Å². The number of nitrogens with one attached hydrogen (secondary N) is 1. The van der Waals surface area contributed by atoms with Crippen molar-refractivity contribution in [1.82, 2.24) is 0 Å². The highest BCUT2D eigenvalue weighted by atomic mass is 79.9. The molecule has 0 atom stereocenters. The highest BCUT2D eigenvalue weighted by Gasteiger charge is 2.22. The SMILES string of the molecule is CC(C)(C)CS(=O)(=O)Nc1ccc(Br)cc1C#N. The number of anilines is 1. The molecule has 98 valence electrons. The average molecular weight is 331 g/mol. The second-order valence-electron chi connectivity index (χ2n) is 5.22. The monoisotopic (exact) mass is 330 g/mol. The summed E-state index contributed by atoms with van der Waals surface area (Å²) in [7, 11) is -3.45. The Hall–Kier alpha value is -1.06. The van der Waals surface area contributed by atoms with Crippen molar-refractivity contribution >= 4 is 31.6 Å². The summed E-state index contributed by atoms with van der Waals surface area (Å²) in [6.07, 6.45) is 0. The van der Waals surface area contributed by atoms with E-state index in [2.05, 4.69) is 20.7 Å². The second-order valence-corrected chi connectivity index (χ2v) is 7.86. The third-order valence-corrected chi connectivity index (χ3v) is 4.26. The Morgan fingerprint density at radius 2 is 2.00 bits per heavy atom. The largest absolute Gasteiger partial charge is 0.282 e. The maximum Gasteiger partial charge on any atom is 0.233 e. The van der Waals surface area contributed by atoms with E-state index >= 15 is 0 Å². The molecule has 0 aliphatic heterocycles. The van der Waals surface area contributed by atoms with Crippen molar-refractivity contribution in [2.75, 3.05) is 10.5 Å². The van der Waals surface area contributed by atoms with Gasteiger partial charge in [-0.05, 0) is 23.6 Å². The maximum atomic E-state index is 11.9. The predicted molar refractivity (Wildman–Crippen MR) is 75.7 cm³/mol. The van der Waals surface area contributed by atoms with Gasteiger partial charge in [-0.25, -0.2) is 8.42 Å². The van der Waals surface area contributed by atoms with Crippen molar-refractivity contribution < 1.29 is 8.42 Å². The lowest BCUT2D eigenvalue weighted by Crippen LogP contribution is -2.26. The van der Waals surface area contributed by atoms with Crippen LogP contribution in [0.3, 0.4) is 0 Å². The number of benzene rings is 1. The first kappa shape index (κ1) is 15.0. The summed E-state index contributed by atoms with van der Waals surface area (Å²) < 4.78 is 27.1. The van der Waals surface area contributed by atoms with Crippen molar-refractivity contribution in [3.63, 3.8) is 0 Å². The molecule has 0 fully saturated rings. The standard InChI is InChI=1S/C12H15BrN2O2S/c1-12(2,3)8-18(16,17)15-11-5-4-10(13)6-9(11)7-14/h4-6,15H,8H2,1-3H3. The van der Waals surface area contributed by atoms with Gasteiger partial charge in [0.1, 0.15) is 6.07 Å². The minimum atomic E-state index is -3.45. The summed E-state index contributed by atoms with van der Waals surface area (Å²) in [6.45, 7) is 5.54. The van der Waals surface area contributed by atoms with Crippen LogP contribution in [-0.2, 0) is 10.0 Å². The van der Waals surface area contributed by atoms with E-state index in [-0.39, 0.29) is 11.2 Å². The van der Waals surface area contributed by atoms with Crippen molar-refractivity contribution in [2.45, 2.75) is 20.8 Å². The quantitative estimate of drug-likeness (QED) is 0.925. The van der Waals surface area contributed by atoms with Gasteiger partial charge in [-0.2, -0.15) is 5.26 Å². The molecule has 1 N–H and O–H groups in total. The van der Waals surface area contributed by atoms with Crippen LogP contribution in [0.4, 0.5) is 5.69 Å². The molecule has 1 aromatic rings. The third-order valence-electron chi connectivity index (χ3n) is 1.99. The van der Waals surface area contributed by atoms with E-state index < -0.39 is 10.0 Å². The van der Waals surface area contributed by atoms with Crippen molar-refractivity contribution in [3.8, 4) is 6.07 Å². The lowest BCUT2D eigenvalue weighted by molar-refractivity contribution is 0.463. The summed E-state index contributed by atoms with van der Waals surface area (Å²) in [5.74, 6) is 0.000925. The first-order valence-electron chi connectivity index (χ1n) is 5.33. The normalized spacial score (nSPS) is 11.9. The Bertz CT molecular complexity index is 583. The van der Waals surface area contributed by atoms with Gasteiger partial charge >= 0.3 is 0 Å². The van der Waals surface area contributed by atoms with Gasteiger partial charge in [0, 0.05) is 4.47 Å². The molecular formula is C12H15BrN2O2S. The van der Waals surface area contributed by atoms with E-state index in [0.717, 1.165) is 4.47 Å². The zero-order chi connectivity index (χ0) is 14.0. The van der Waals surface area contributed by atoms with Crippen molar-refractivity contribution in [2.24, 2.45) is 5.41 Å². The summed E-state index contributed by atoms with van der Waals surface area (Å²) in [4.78, 5) is 0. The fourth-order valence-corrected chi connectivity index (χ4v) is 3.56. The summed E-state index contributed by atoms with van der Waals surface area (Å²) in [6, 6.07) is 6.81. The number of hydrogen-bond donors (Lipinski definition) is 1. The van der Waals surface area contributed by atoms with Gasteiger partial charge in [-0.3, -0.25) is 4.72 Å². The van der Waals surface area contributed by atoms with Gasteiger partial charge < -0.3 is 0 Å². The smallest absolute Gasteiger partial charge is 0.233 e. The van der Waals surface area contributed by atoms with Crippen LogP contribution in [0.2, 0.25) is 0 Å². The second kappa shape index (κ2) is 5.29. The third kappa shape index (κ3) is 4.67. The van der Waals surface area contributed by atoms with Crippen LogP contribution in [0.15, 0.2) is 22.7 Å². The van der Waals surface area contributed by atoms with Crippen LogP contribution >= 0.6 is 15.9 Å². The minimum absolute atomic E-state index is 0.000925. The number of rotatable bonds is 3. The molecule has 18 heavy (non-hydrogen) atoms. The van der Waals surface area contributed by atoms with E-state index in [1.54, 1.807) is 18.2 Å². The molecule has 0 spiro atoms. The molecule has 1 aromatic carbocycles. The van der Waals surface area contributed by atoms with E-state index in [9.17, 15) is 8.42 Å². The molecule has 0 bridgehead atoms. The van der Waals surface area contributed by atoms with Gasteiger partial charge in [0.15, 0.2) is 0 Å². The van der Waals surface area contributed by atoms with Crippen LogP contribution in [0, 0.1) is 16.7 Å². The number of sulfonamides is 1. The molecule has 0 radical (unpaired) electrons. The molecule has 0 aromatic heterocycles. The Kier molecular flexibility index (Phi) is 4.41. The molecule has 1 rings (SSSR count). The number of nitrogens with zero attached hydrogens (tertiary/aromatic N) is 1. The molecule has 0 unspecified atom stereocenters. The van der Waals surface area contributed by atoms with E-state index in [1.807, 2.05) is 26.8 Å². The van der Waals surface area contributed by atoms with Crippen LogP contribution in [0.25, 0.3) is 0 Å². The van der Waals surface area contributed by atoms with Gasteiger partial charge in [0.25, 0.3) is 0 Å². The van der Waals surface area contributed by atoms with Gasteiger partial charge in [0.05, 0.1) is 17.0 Å². The first-order chi connectivity index (χ1) is 8.13. The fourth-order valence-electron chi connectivity index (χ4n) is 1.47. The lowest BCUT2D eigenvalue weighted by Gasteiger charge is -2.19. The number of nitriles is 1. The fraction of sp³-hybridized carbons (Fsp3) is 0.417. The molecule has 0 aliphatic rings. The zero-order valence-corrected chi connectivity index (χ0v) is 12.9. The van der Waals surface area contributed by atoms with E-state index in [1.165, 1.54) is 0 Å². The van der Waals surface area contributed by atoms with Crippen molar-refractivity contribution in [1.29, 1.82) is 5.26 Å². The summed E-state index contributed by atoms with van der Waals surface area (Å²) in [5.41, 5.74) is 0.264. The molecule has 0 saturated carbocycles. The number of hydrogen-bond acceptors (Lipinski definition) is 3. The van der Waals surface area contributed by atoms with Crippen LogP contribution < -0.4 is 4.72 Å². The number of halogens is 1. The lowest BCUT2D eigenvalue weighted by atomic mass is 10.0. The average Bonchev–Trinajstić information content (AvgIpc) is 2.16. The van der Waals surface area contributed by atoms with Crippen LogP contribution in [-0.4, -0.2) is 14.2 Å².